The van der Waals surface area contributed by atoms with Crippen LogP contribution in [0.3, 0.4) is 0 Å². The molecule has 3 nitrogen and oxygen atoms in total. The highest BCUT2D eigenvalue weighted by atomic mass is 16.3. The number of benzene rings is 9. The molecule has 0 N–H and O–H groups in total. The molecular formula is C52H34N2O. The van der Waals surface area contributed by atoms with E-state index in [0.29, 0.717) is 0 Å². The Morgan fingerprint density at radius 1 is 0.382 bits per heavy atom. The summed E-state index contributed by atoms with van der Waals surface area (Å²) in [5, 5.41) is 7.21. The first-order chi connectivity index (χ1) is 27.3. The Morgan fingerprint density at radius 2 is 0.945 bits per heavy atom. The molecule has 3 heteroatoms. The van der Waals surface area contributed by atoms with Crippen LogP contribution in [-0.4, -0.2) is 4.57 Å². The van der Waals surface area contributed by atoms with Crippen LogP contribution in [0.4, 0.5) is 17.1 Å². The number of hydrogen-bond donors (Lipinski definition) is 0. The minimum absolute atomic E-state index is 0.864. The summed E-state index contributed by atoms with van der Waals surface area (Å²) in [6, 6.07) is 73.9. The highest BCUT2D eigenvalue weighted by molar-refractivity contribution is 6.11. The van der Waals surface area contributed by atoms with Crippen molar-refractivity contribution in [3.63, 3.8) is 0 Å². The van der Waals surface area contributed by atoms with Crippen molar-refractivity contribution < 1.29 is 4.42 Å². The van der Waals surface area contributed by atoms with Gasteiger partial charge in [0.1, 0.15) is 5.58 Å². The van der Waals surface area contributed by atoms with E-state index in [1.54, 1.807) is 0 Å². The monoisotopic (exact) mass is 702 g/mol. The Balaban J connectivity index is 1.05. The predicted octanol–water partition coefficient (Wildman–Crippen LogP) is 14.6. The largest absolute Gasteiger partial charge is 0.454 e. The Bertz CT molecular complexity index is 3150. The van der Waals surface area contributed by atoms with E-state index < -0.39 is 0 Å². The Labute approximate surface area is 318 Å². The average Bonchev–Trinajstić information content (AvgIpc) is 3.81. The highest BCUT2D eigenvalue weighted by Crippen LogP contribution is 2.43. The third-order valence-corrected chi connectivity index (χ3v) is 11.0. The second-order valence-corrected chi connectivity index (χ2v) is 14.1. The zero-order valence-corrected chi connectivity index (χ0v) is 29.9. The molecule has 258 valence electrons. The van der Waals surface area contributed by atoms with E-state index in [4.69, 9.17) is 4.42 Å². The van der Waals surface area contributed by atoms with Gasteiger partial charge >= 0.3 is 0 Å². The molecule has 0 amide bonds. The topological polar surface area (TPSA) is 21.3 Å². The molecule has 0 saturated carbocycles. The molecule has 0 bridgehead atoms. The SMILES string of the molecule is c1ccc(-n2c3ccccc3c3ccccc32)c(-c2ccc(N(c3ccc(-c4ccc5ccccc5c4)cc3)c3cccc4c3oc3ccccc34)cc2)c1. The lowest BCUT2D eigenvalue weighted by atomic mass is 10.0. The minimum atomic E-state index is 0.864. The van der Waals surface area contributed by atoms with Crippen LogP contribution in [0, 0.1) is 0 Å². The van der Waals surface area contributed by atoms with E-state index in [-0.39, 0.29) is 0 Å². The fourth-order valence-electron chi connectivity index (χ4n) is 8.39. The highest BCUT2D eigenvalue weighted by Gasteiger charge is 2.20. The van der Waals surface area contributed by atoms with E-state index in [2.05, 4.69) is 204 Å². The maximum Gasteiger partial charge on any atom is 0.159 e. The quantitative estimate of drug-likeness (QED) is 0.172. The number of para-hydroxylation sites is 5. The van der Waals surface area contributed by atoms with Crippen molar-refractivity contribution >= 4 is 71.6 Å². The number of hydrogen-bond acceptors (Lipinski definition) is 2. The average molecular weight is 703 g/mol. The molecule has 0 unspecified atom stereocenters. The lowest BCUT2D eigenvalue weighted by Gasteiger charge is -2.26. The summed E-state index contributed by atoms with van der Waals surface area (Å²) >= 11 is 0. The standard InChI is InChI=1S/C52H34N2O/c1-2-13-38-34-39(25-24-35(38)12-1)36-26-30-40(31-27-36)53(50-22-11-18-46-45-17-6-10-23-51(45)55-52(46)50)41-32-28-37(29-33-41)42-14-3-7-19-47(42)54-48-20-8-4-15-43(48)44-16-5-9-21-49(44)54/h1-34H. The van der Waals surface area contributed by atoms with Crippen molar-refractivity contribution in [1.29, 1.82) is 0 Å². The molecule has 0 aliphatic carbocycles. The van der Waals surface area contributed by atoms with Gasteiger partial charge in [-0.15, -0.1) is 0 Å². The fourth-order valence-corrected chi connectivity index (χ4v) is 8.39. The maximum absolute atomic E-state index is 6.62. The van der Waals surface area contributed by atoms with Crippen LogP contribution >= 0.6 is 0 Å². The summed E-state index contributed by atoms with van der Waals surface area (Å²) < 4.78 is 9.02. The van der Waals surface area contributed by atoms with Crippen LogP contribution in [0.25, 0.3) is 82.5 Å². The van der Waals surface area contributed by atoms with Gasteiger partial charge in [0.05, 0.1) is 22.4 Å². The summed E-state index contributed by atoms with van der Waals surface area (Å²) in [5.41, 5.74) is 13.1. The molecule has 2 heterocycles. The number of anilines is 3. The molecule has 11 aromatic rings. The molecule has 0 aliphatic rings. The number of rotatable bonds is 6. The van der Waals surface area contributed by atoms with Gasteiger partial charge in [0.15, 0.2) is 5.58 Å². The van der Waals surface area contributed by atoms with Gasteiger partial charge in [-0.25, -0.2) is 0 Å². The second kappa shape index (κ2) is 12.6. The van der Waals surface area contributed by atoms with Crippen molar-refractivity contribution in [3.05, 3.63) is 206 Å². The van der Waals surface area contributed by atoms with E-state index in [9.17, 15) is 0 Å². The van der Waals surface area contributed by atoms with Crippen molar-refractivity contribution in [2.75, 3.05) is 4.90 Å². The Morgan fingerprint density at radius 3 is 1.69 bits per heavy atom. The van der Waals surface area contributed by atoms with Gasteiger partial charge in [-0.1, -0.05) is 146 Å². The normalized spacial score (nSPS) is 11.6. The van der Waals surface area contributed by atoms with Gasteiger partial charge in [-0.2, -0.15) is 0 Å². The molecule has 0 radical (unpaired) electrons. The van der Waals surface area contributed by atoms with Crippen molar-refractivity contribution in [2.45, 2.75) is 0 Å². The predicted molar refractivity (Wildman–Crippen MR) is 231 cm³/mol. The van der Waals surface area contributed by atoms with Crippen LogP contribution in [0.2, 0.25) is 0 Å². The second-order valence-electron chi connectivity index (χ2n) is 14.1. The first-order valence-corrected chi connectivity index (χ1v) is 18.8. The molecule has 55 heavy (non-hydrogen) atoms. The van der Waals surface area contributed by atoms with Gasteiger partial charge < -0.3 is 13.9 Å². The third-order valence-electron chi connectivity index (χ3n) is 11.0. The van der Waals surface area contributed by atoms with Crippen LogP contribution in [0.5, 0.6) is 0 Å². The molecular weight excluding hydrogens is 669 g/mol. The van der Waals surface area contributed by atoms with Crippen molar-refractivity contribution in [3.8, 4) is 27.9 Å². The van der Waals surface area contributed by atoms with E-state index in [0.717, 1.165) is 50.3 Å². The van der Waals surface area contributed by atoms with Gasteiger partial charge in [-0.05, 0) is 88.1 Å². The number of nitrogens with zero attached hydrogens (tertiary/aromatic N) is 2. The van der Waals surface area contributed by atoms with Crippen LogP contribution in [0.15, 0.2) is 211 Å². The summed E-state index contributed by atoms with van der Waals surface area (Å²) in [6.07, 6.45) is 0. The molecule has 0 saturated heterocycles. The van der Waals surface area contributed by atoms with Crippen LogP contribution in [-0.2, 0) is 0 Å². The van der Waals surface area contributed by atoms with Gasteiger partial charge in [0.2, 0.25) is 0 Å². The van der Waals surface area contributed by atoms with Gasteiger partial charge in [-0.3, -0.25) is 0 Å². The first kappa shape index (κ1) is 31.2. The number of furan rings is 1. The van der Waals surface area contributed by atoms with E-state index in [1.165, 1.54) is 49.3 Å². The van der Waals surface area contributed by atoms with Gasteiger partial charge in [0, 0.05) is 38.5 Å². The lowest BCUT2D eigenvalue weighted by molar-refractivity contribution is 0.669. The summed E-state index contributed by atoms with van der Waals surface area (Å²) in [6.45, 7) is 0. The molecule has 11 rings (SSSR count). The first-order valence-electron chi connectivity index (χ1n) is 18.8. The van der Waals surface area contributed by atoms with E-state index in [1.807, 2.05) is 12.1 Å². The molecule has 0 fully saturated rings. The zero-order valence-electron chi connectivity index (χ0n) is 29.9. The van der Waals surface area contributed by atoms with E-state index >= 15 is 0 Å². The fraction of sp³-hybridized carbons (Fsp3) is 0. The minimum Gasteiger partial charge on any atom is -0.454 e. The summed E-state index contributed by atoms with van der Waals surface area (Å²) in [4.78, 5) is 2.32. The molecule has 0 spiro atoms. The van der Waals surface area contributed by atoms with Gasteiger partial charge in [0.25, 0.3) is 0 Å². The molecule has 0 aliphatic heterocycles. The molecule has 9 aromatic carbocycles. The Hall–Kier alpha value is -7.36. The lowest BCUT2D eigenvalue weighted by Crippen LogP contribution is -2.10. The van der Waals surface area contributed by atoms with Crippen molar-refractivity contribution in [1.82, 2.24) is 4.57 Å². The number of fused-ring (bicyclic) bond motifs is 7. The van der Waals surface area contributed by atoms with Crippen LogP contribution in [0.1, 0.15) is 0 Å². The summed E-state index contributed by atoms with van der Waals surface area (Å²) in [7, 11) is 0. The summed E-state index contributed by atoms with van der Waals surface area (Å²) in [5.74, 6) is 0. The zero-order chi connectivity index (χ0) is 36.3. The smallest absolute Gasteiger partial charge is 0.159 e. The third kappa shape index (κ3) is 5.13. The molecule has 0 atom stereocenters. The van der Waals surface area contributed by atoms with Crippen molar-refractivity contribution in [2.24, 2.45) is 0 Å². The molecule has 2 aromatic heterocycles. The number of aromatic nitrogens is 1. The van der Waals surface area contributed by atoms with Crippen LogP contribution < -0.4 is 4.90 Å². The maximum atomic E-state index is 6.62. The Kier molecular flexibility index (Phi) is 7.17.